The van der Waals surface area contributed by atoms with E-state index in [0.29, 0.717) is 6.42 Å². The third-order valence-corrected chi connectivity index (χ3v) is 2.37. The average Bonchev–Trinajstić information content (AvgIpc) is 2.33. The quantitative estimate of drug-likeness (QED) is 0.456. The number of carbonyl (C=O) groups excluding carboxylic acids is 2. The minimum atomic E-state index is -1.23. The molecule has 2 atom stereocenters. The number of carbonyl (C=O) groups is 3. The average molecular weight is 269 g/mol. The van der Waals surface area contributed by atoms with Crippen LogP contribution in [0.25, 0.3) is 0 Å². The van der Waals surface area contributed by atoms with Crippen LogP contribution in [0.4, 0.5) is 4.79 Å². The van der Waals surface area contributed by atoms with E-state index in [-0.39, 0.29) is 12.8 Å². The van der Waals surface area contributed by atoms with Crippen molar-refractivity contribution in [3.8, 4) is 12.3 Å². The second-order valence-corrected chi connectivity index (χ2v) is 4.02. The lowest BCUT2D eigenvalue weighted by Gasteiger charge is -2.17. The Morgan fingerprint density at radius 3 is 2.37 bits per heavy atom. The maximum absolute atomic E-state index is 11.5. The lowest BCUT2D eigenvalue weighted by atomic mass is 10.1. The highest BCUT2D eigenvalue weighted by molar-refractivity contribution is 5.83. The number of hydrogen-bond acceptors (Lipinski definition) is 3. The van der Waals surface area contributed by atoms with Gasteiger partial charge in [-0.3, -0.25) is 4.79 Å². The highest BCUT2D eigenvalue weighted by atomic mass is 16.4. The monoisotopic (exact) mass is 269 g/mol. The van der Waals surface area contributed by atoms with Crippen LogP contribution >= 0.6 is 0 Å². The van der Waals surface area contributed by atoms with Gasteiger partial charge in [0.25, 0.3) is 0 Å². The molecule has 0 spiro atoms. The third kappa shape index (κ3) is 7.65. The third-order valence-electron chi connectivity index (χ3n) is 2.37. The van der Waals surface area contributed by atoms with Gasteiger partial charge in [-0.1, -0.05) is 19.3 Å². The molecular weight excluding hydrogens is 250 g/mol. The minimum absolute atomic E-state index is 0.0629. The van der Waals surface area contributed by atoms with E-state index in [1.807, 2.05) is 6.92 Å². The van der Waals surface area contributed by atoms with E-state index in [4.69, 9.17) is 17.3 Å². The Kier molecular flexibility index (Phi) is 7.77. The number of carboxylic acid groups (broad SMARTS) is 1. The van der Waals surface area contributed by atoms with Gasteiger partial charge in [-0.05, 0) is 12.8 Å². The Morgan fingerprint density at radius 2 is 1.95 bits per heavy atom. The smallest absolute Gasteiger partial charge is 0.326 e. The highest BCUT2D eigenvalue weighted by Gasteiger charge is 2.21. The first-order chi connectivity index (χ1) is 8.90. The first-order valence-electron chi connectivity index (χ1n) is 5.95. The normalized spacial score (nSPS) is 12.8. The molecule has 7 nitrogen and oxygen atoms in total. The predicted octanol–water partition coefficient (Wildman–Crippen LogP) is -0.194. The summed E-state index contributed by atoms with van der Waals surface area (Å²) >= 11 is 0. The fraction of sp³-hybridized carbons (Fsp3) is 0.583. The van der Waals surface area contributed by atoms with Gasteiger partial charge in [0.2, 0.25) is 5.91 Å². The number of aliphatic carboxylic acids is 1. The molecule has 0 fully saturated rings. The maximum atomic E-state index is 11.5. The molecule has 0 aliphatic carbocycles. The summed E-state index contributed by atoms with van der Waals surface area (Å²) in [4.78, 5) is 33.0. The van der Waals surface area contributed by atoms with Crippen LogP contribution in [0, 0.1) is 12.3 Å². The fourth-order valence-corrected chi connectivity index (χ4v) is 1.39. The summed E-state index contributed by atoms with van der Waals surface area (Å²) in [6.45, 7) is 1.91. The van der Waals surface area contributed by atoms with Crippen molar-refractivity contribution in [1.82, 2.24) is 10.6 Å². The Balaban J connectivity index is 4.35. The number of amides is 3. The van der Waals surface area contributed by atoms with Gasteiger partial charge in [-0.2, -0.15) is 0 Å². The van der Waals surface area contributed by atoms with Gasteiger partial charge in [0.05, 0.1) is 6.04 Å². The van der Waals surface area contributed by atoms with Crippen LogP contribution in [0.15, 0.2) is 0 Å². The summed E-state index contributed by atoms with van der Waals surface area (Å²) in [5, 5.41) is 13.6. The molecule has 0 aromatic rings. The van der Waals surface area contributed by atoms with E-state index in [2.05, 4.69) is 16.6 Å². The molecule has 19 heavy (non-hydrogen) atoms. The van der Waals surface area contributed by atoms with Gasteiger partial charge < -0.3 is 21.5 Å². The molecule has 0 saturated heterocycles. The van der Waals surface area contributed by atoms with Crippen LogP contribution in [0.5, 0.6) is 0 Å². The van der Waals surface area contributed by atoms with Crippen molar-refractivity contribution in [1.29, 1.82) is 0 Å². The van der Waals surface area contributed by atoms with E-state index >= 15 is 0 Å². The van der Waals surface area contributed by atoms with Gasteiger partial charge in [0.15, 0.2) is 0 Å². The Bertz CT molecular complexity index is 376. The van der Waals surface area contributed by atoms with Gasteiger partial charge in [0, 0.05) is 6.42 Å². The van der Waals surface area contributed by atoms with Crippen molar-refractivity contribution in [2.75, 3.05) is 0 Å². The number of rotatable bonds is 8. The summed E-state index contributed by atoms with van der Waals surface area (Å²) in [7, 11) is 0. The zero-order chi connectivity index (χ0) is 14.8. The van der Waals surface area contributed by atoms with Gasteiger partial charge >= 0.3 is 12.0 Å². The van der Waals surface area contributed by atoms with E-state index < -0.39 is 30.0 Å². The molecule has 0 aliphatic rings. The molecule has 0 saturated carbocycles. The first kappa shape index (κ1) is 16.8. The van der Waals surface area contributed by atoms with Crippen LogP contribution in [-0.4, -0.2) is 35.1 Å². The minimum Gasteiger partial charge on any atom is -0.480 e. The van der Waals surface area contributed by atoms with Gasteiger partial charge in [-0.25, -0.2) is 9.59 Å². The highest BCUT2D eigenvalue weighted by Crippen LogP contribution is 1.99. The summed E-state index contributed by atoms with van der Waals surface area (Å²) < 4.78 is 0. The van der Waals surface area contributed by atoms with Crippen molar-refractivity contribution in [3.05, 3.63) is 0 Å². The summed E-state index contributed by atoms with van der Waals surface area (Å²) in [5.74, 6) is 0.537. The van der Waals surface area contributed by atoms with E-state index in [0.717, 1.165) is 6.42 Å². The summed E-state index contributed by atoms with van der Waals surface area (Å²) in [6, 6.07) is -2.29. The van der Waals surface area contributed by atoms with Crippen molar-refractivity contribution in [3.63, 3.8) is 0 Å². The van der Waals surface area contributed by atoms with Crippen LogP contribution in [0.2, 0.25) is 0 Å². The number of urea groups is 1. The fourth-order valence-electron chi connectivity index (χ4n) is 1.39. The number of terminal acetylenes is 1. The van der Waals surface area contributed by atoms with E-state index in [9.17, 15) is 14.4 Å². The van der Waals surface area contributed by atoms with Crippen LogP contribution in [0.1, 0.15) is 32.6 Å². The largest absolute Gasteiger partial charge is 0.480 e. The number of carboxylic acids is 1. The zero-order valence-corrected chi connectivity index (χ0v) is 10.8. The second kappa shape index (κ2) is 8.80. The van der Waals surface area contributed by atoms with Crippen LogP contribution in [0.3, 0.4) is 0 Å². The SMILES string of the molecule is C#CC(CCC)NC(=O)N[C@@H](CCC(N)=O)C(=O)O. The maximum Gasteiger partial charge on any atom is 0.326 e. The molecule has 0 aromatic heterocycles. The van der Waals surface area contributed by atoms with Crippen molar-refractivity contribution in [2.45, 2.75) is 44.7 Å². The first-order valence-corrected chi connectivity index (χ1v) is 5.95. The molecule has 0 rings (SSSR count). The molecule has 7 heteroatoms. The lowest BCUT2D eigenvalue weighted by molar-refractivity contribution is -0.139. The Hall–Kier alpha value is -2.23. The van der Waals surface area contributed by atoms with E-state index in [1.54, 1.807) is 0 Å². The number of primary amides is 1. The summed E-state index contributed by atoms with van der Waals surface area (Å²) in [5.41, 5.74) is 4.93. The van der Waals surface area contributed by atoms with Crippen molar-refractivity contribution < 1.29 is 19.5 Å². The second-order valence-electron chi connectivity index (χ2n) is 4.02. The Morgan fingerprint density at radius 1 is 1.32 bits per heavy atom. The molecular formula is C12H19N3O4. The molecule has 3 amide bonds. The van der Waals surface area contributed by atoms with Crippen molar-refractivity contribution >= 4 is 17.9 Å². The standard InChI is InChI=1S/C12H19N3O4/c1-3-5-8(4-2)14-12(19)15-9(11(17)18)6-7-10(13)16/h2,8-9H,3,5-7H2,1H3,(H2,13,16)(H,17,18)(H2,14,15,19)/t8?,9-/m0/s1. The Labute approximate surface area is 111 Å². The zero-order valence-electron chi connectivity index (χ0n) is 10.8. The van der Waals surface area contributed by atoms with Gasteiger partial charge in [0.1, 0.15) is 6.04 Å². The van der Waals surface area contributed by atoms with Crippen molar-refractivity contribution in [2.24, 2.45) is 5.73 Å². The van der Waals surface area contributed by atoms with Gasteiger partial charge in [-0.15, -0.1) is 6.42 Å². The molecule has 0 radical (unpaired) electrons. The topological polar surface area (TPSA) is 122 Å². The number of nitrogens with two attached hydrogens (primary N) is 1. The molecule has 106 valence electrons. The molecule has 0 heterocycles. The molecule has 0 aliphatic heterocycles. The molecule has 0 bridgehead atoms. The molecule has 5 N–H and O–H groups in total. The van der Waals surface area contributed by atoms with Crippen LogP contribution < -0.4 is 16.4 Å². The summed E-state index contributed by atoms with van der Waals surface area (Å²) in [6.07, 6.45) is 6.43. The van der Waals surface area contributed by atoms with Crippen LogP contribution in [-0.2, 0) is 9.59 Å². The molecule has 1 unspecified atom stereocenters. The number of nitrogens with one attached hydrogen (secondary N) is 2. The predicted molar refractivity (Wildman–Crippen MR) is 69.0 cm³/mol. The van der Waals surface area contributed by atoms with E-state index in [1.165, 1.54) is 0 Å². The lowest BCUT2D eigenvalue weighted by Crippen LogP contribution is -2.49. The molecule has 0 aromatic carbocycles. The number of hydrogen-bond donors (Lipinski definition) is 4.